The van der Waals surface area contributed by atoms with Crippen molar-refractivity contribution in [3.8, 4) is 11.5 Å². The number of alkyl halides is 3. The van der Waals surface area contributed by atoms with Gasteiger partial charge in [-0.25, -0.2) is 0 Å². The Kier molecular flexibility index (Phi) is 20.9. The minimum atomic E-state index is -1.63. The number of carbonyl (C=O) groups excluding carboxylic acids is 6. The van der Waals surface area contributed by atoms with Gasteiger partial charge in [0.1, 0.15) is 11.5 Å². The maximum absolute atomic E-state index is 13.6. The van der Waals surface area contributed by atoms with Crippen LogP contribution in [0.25, 0.3) is 0 Å². The Morgan fingerprint density at radius 3 is 1.42 bits per heavy atom. The van der Waals surface area contributed by atoms with E-state index in [-0.39, 0.29) is 43.9 Å². The van der Waals surface area contributed by atoms with E-state index in [0.717, 1.165) is 25.0 Å². The summed E-state index contributed by atoms with van der Waals surface area (Å²) in [6.45, 7) is 8.29. The van der Waals surface area contributed by atoms with E-state index < -0.39 is 52.7 Å². The summed E-state index contributed by atoms with van der Waals surface area (Å²) < 4.78 is 11.4. The molecule has 4 amide bonds. The van der Waals surface area contributed by atoms with Crippen molar-refractivity contribution in [1.82, 2.24) is 0 Å². The number of ketones is 2. The molecule has 0 saturated heterocycles. The Balaban J connectivity index is 1.28. The van der Waals surface area contributed by atoms with Gasteiger partial charge in [0.2, 0.25) is 12.1 Å². The molecule has 0 aliphatic heterocycles. The standard InChI is InChI=1S/C50H49Cl5N8O8/c1-6-70-43-16-8-30(18-20-51)22-41(43)58-47(66)36-25-33(10-13-38(36)54)60-62-45(28(4)64)49(68)56-32-12-15-40(35(24-32)27(3)53)57-50(69)46(29(5)65)63-61-34-11-14-39(55)37(26-34)48(67)59-42-23-31(19-21-52)9-17-44(42)71-7-2/h8-17,22-27,45-46H,6-7,18-21H2,1-5H3,(H,56,68)(H,57,69)(H,58,66)(H,59,67). The second kappa shape index (κ2) is 26.7. The van der Waals surface area contributed by atoms with Crippen LogP contribution >= 0.6 is 58.0 Å². The lowest BCUT2D eigenvalue weighted by Gasteiger charge is -2.17. The van der Waals surface area contributed by atoms with Crippen molar-refractivity contribution in [3.63, 3.8) is 0 Å². The molecule has 0 fully saturated rings. The van der Waals surface area contributed by atoms with E-state index in [1.165, 1.54) is 54.6 Å². The zero-order valence-corrected chi connectivity index (χ0v) is 42.9. The Hall–Kier alpha value is -6.43. The van der Waals surface area contributed by atoms with Gasteiger partial charge < -0.3 is 30.7 Å². The van der Waals surface area contributed by atoms with Crippen LogP contribution in [0.1, 0.15) is 77.4 Å². The lowest BCUT2D eigenvalue weighted by molar-refractivity contribution is -0.127. The number of azo groups is 2. The van der Waals surface area contributed by atoms with Crippen molar-refractivity contribution in [2.45, 2.75) is 64.9 Å². The zero-order chi connectivity index (χ0) is 51.8. The number of rotatable bonds is 23. The minimum Gasteiger partial charge on any atom is -0.492 e. The van der Waals surface area contributed by atoms with E-state index in [1.54, 1.807) is 31.2 Å². The molecule has 4 N–H and O–H groups in total. The molecule has 0 saturated carbocycles. The van der Waals surface area contributed by atoms with E-state index in [1.807, 2.05) is 26.0 Å². The second-order valence-electron chi connectivity index (χ2n) is 15.5. The molecule has 0 radical (unpaired) electrons. The summed E-state index contributed by atoms with van der Waals surface area (Å²) in [7, 11) is 0. The van der Waals surface area contributed by atoms with Gasteiger partial charge in [-0.05, 0) is 143 Å². The van der Waals surface area contributed by atoms with Crippen LogP contribution in [0.3, 0.4) is 0 Å². The van der Waals surface area contributed by atoms with Gasteiger partial charge in [0, 0.05) is 23.1 Å². The highest BCUT2D eigenvalue weighted by atomic mass is 35.5. The number of hydrogen-bond donors (Lipinski definition) is 4. The third-order valence-electron chi connectivity index (χ3n) is 10.2. The Morgan fingerprint density at radius 1 is 0.563 bits per heavy atom. The highest BCUT2D eigenvalue weighted by Crippen LogP contribution is 2.33. The molecule has 5 rings (SSSR count). The van der Waals surface area contributed by atoms with Crippen molar-refractivity contribution in [1.29, 1.82) is 0 Å². The summed E-state index contributed by atoms with van der Waals surface area (Å²) in [6.07, 6.45) is 1.13. The van der Waals surface area contributed by atoms with Gasteiger partial charge in [-0.15, -0.1) is 34.8 Å². The monoisotopic (exact) mass is 1060 g/mol. The molecule has 16 nitrogen and oxygen atoms in total. The van der Waals surface area contributed by atoms with Crippen LogP contribution in [0.15, 0.2) is 111 Å². The molecule has 71 heavy (non-hydrogen) atoms. The summed E-state index contributed by atoms with van der Waals surface area (Å²) >= 11 is 31.2. The average molecular weight is 1070 g/mol. The highest BCUT2D eigenvalue weighted by Gasteiger charge is 2.27. The predicted octanol–water partition coefficient (Wildman–Crippen LogP) is 12.5. The van der Waals surface area contributed by atoms with Crippen molar-refractivity contribution < 1.29 is 38.2 Å². The number of halogens is 5. The van der Waals surface area contributed by atoms with Gasteiger partial charge in [-0.2, -0.15) is 20.5 Å². The van der Waals surface area contributed by atoms with Crippen LogP contribution in [-0.4, -0.2) is 72.3 Å². The molecular formula is C50H49Cl5N8O8. The van der Waals surface area contributed by atoms with Gasteiger partial charge >= 0.3 is 0 Å². The number of nitrogens with zero attached hydrogens (tertiary/aromatic N) is 4. The first-order valence-corrected chi connectivity index (χ1v) is 24.3. The molecule has 0 aliphatic rings. The van der Waals surface area contributed by atoms with Gasteiger partial charge in [-0.1, -0.05) is 35.3 Å². The van der Waals surface area contributed by atoms with E-state index >= 15 is 0 Å². The van der Waals surface area contributed by atoms with E-state index in [0.29, 0.717) is 66.3 Å². The molecule has 0 bridgehead atoms. The largest absolute Gasteiger partial charge is 0.492 e. The SMILES string of the molecule is CCOc1ccc(CCCl)cc1NC(=O)c1cc(N=NC(C(C)=O)C(=O)Nc2ccc(NC(=O)C(N=Nc3ccc(Cl)c(C(=O)Nc4cc(CCCl)ccc4OCC)c3)C(C)=O)c(C(C)Cl)c2)ccc1Cl. The molecule has 0 aromatic heterocycles. The quantitative estimate of drug-likeness (QED) is 0.0279. The fourth-order valence-electron chi connectivity index (χ4n) is 6.70. The fraction of sp³-hybridized carbons (Fsp3) is 0.280. The number of aryl methyl sites for hydroxylation is 2. The van der Waals surface area contributed by atoms with Crippen LogP contribution in [0.5, 0.6) is 11.5 Å². The number of Topliss-reactive ketones (excluding diaryl/α,β-unsaturated/α-hetero) is 2. The average Bonchev–Trinajstić information content (AvgIpc) is 3.32. The Labute approximate surface area is 435 Å². The normalized spacial score (nSPS) is 12.5. The first-order valence-electron chi connectivity index (χ1n) is 22.0. The number of ether oxygens (including phenoxy) is 2. The summed E-state index contributed by atoms with van der Waals surface area (Å²) in [6, 6.07) is 20.3. The lowest BCUT2D eigenvalue weighted by Crippen LogP contribution is -2.32. The van der Waals surface area contributed by atoms with Crippen molar-refractivity contribution in [2.75, 3.05) is 46.2 Å². The molecule has 5 aromatic carbocycles. The van der Waals surface area contributed by atoms with E-state index in [9.17, 15) is 28.8 Å². The molecule has 0 heterocycles. The highest BCUT2D eigenvalue weighted by molar-refractivity contribution is 6.35. The summed E-state index contributed by atoms with van der Waals surface area (Å²) in [5, 5.41) is 26.6. The van der Waals surface area contributed by atoms with Crippen LogP contribution < -0.4 is 30.7 Å². The first kappa shape index (κ1) is 55.5. The van der Waals surface area contributed by atoms with Crippen LogP contribution in [-0.2, 0) is 32.0 Å². The maximum Gasteiger partial charge on any atom is 0.258 e. The molecule has 372 valence electrons. The summed E-state index contributed by atoms with van der Waals surface area (Å²) in [5.74, 6) is -2.48. The Morgan fingerprint density at radius 2 is 1.01 bits per heavy atom. The molecular weight excluding hydrogens is 1020 g/mol. The van der Waals surface area contributed by atoms with Crippen molar-refractivity contribution in [3.05, 3.63) is 129 Å². The van der Waals surface area contributed by atoms with Gasteiger partial charge in [0.05, 0.1) is 62.5 Å². The lowest BCUT2D eigenvalue weighted by atomic mass is 10.1. The van der Waals surface area contributed by atoms with Crippen LogP contribution in [0.2, 0.25) is 10.0 Å². The fourth-order valence-corrected chi connectivity index (χ4v) is 7.72. The zero-order valence-electron chi connectivity index (χ0n) is 39.1. The third-order valence-corrected chi connectivity index (χ3v) is 11.5. The van der Waals surface area contributed by atoms with Crippen LogP contribution in [0.4, 0.5) is 34.1 Å². The van der Waals surface area contributed by atoms with Crippen molar-refractivity contribution in [2.24, 2.45) is 20.5 Å². The maximum atomic E-state index is 13.6. The molecule has 3 unspecified atom stereocenters. The van der Waals surface area contributed by atoms with Gasteiger partial charge in [0.15, 0.2) is 11.6 Å². The molecule has 0 aliphatic carbocycles. The van der Waals surface area contributed by atoms with E-state index in [2.05, 4.69) is 41.7 Å². The molecule has 0 spiro atoms. The van der Waals surface area contributed by atoms with Gasteiger partial charge in [0.25, 0.3) is 23.6 Å². The molecule has 3 atom stereocenters. The smallest absolute Gasteiger partial charge is 0.258 e. The number of benzene rings is 5. The third kappa shape index (κ3) is 15.5. The summed E-state index contributed by atoms with van der Waals surface area (Å²) in [4.78, 5) is 79.5. The van der Waals surface area contributed by atoms with E-state index in [4.69, 9.17) is 67.5 Å². The number of nitrogens with one attached hydrogen (secondary N) is 4. The van der Waals surface area contributed by atoms with Crippen LogP contribution in [0, 0.1) is 0 Å². The van der Waals surface area contributed by atoms with Crippen molar-refractivity contribution >= 4 is 127 Å². The van der Waals surface area contributed by atoms with Gasteiger partial charge in [-0.3, -0.25) is 28.8 Å². The number of amides is 4. The summed E-state index contributed by atoms with van der Waals surface area (Å²) in [5.41, 5.74) is 3.61. The molecule has 5 aromatic rings. The molecule has 21 heteroatoms. The number of hydrogen-bond acceptors (Lipinski definition) is 12. The topological polar surface area (TPSA) is 218 Å². The predicted molar refractivity (Wildman–Crippen MR) is 279 cm³/mol. The number of anilines is 4. The minimum absolute atomic E-state index is 0.0402. The second-order valence-corrected chi connectivity index (χ2v) is 17.7. The number of carbonyl (C=O) groups is 6. The first-order chi connectivity index (χ1) is 34.0. The Bertz CT molecular complexity index is 2860.